The molecule has 0 unspecified atom stereocenters. The standard InChI is InChI=1S/C22H44N2O2/c1-2-3-4-5-6-7-8-9-10-11-12-13-14-18-21(25)22(26)20(24)17-15-16-19-23/h20H,2-19,23-24H2,1H3/t20-/m0/s1. The number of rotatable bonds is 20. The number of carbonyl (C=O) groups is 2. The molecule has 0 amide bonds. The summed E-state index contributed by atoms with van der Waals surface area (Å²) in [6, 6.07) is -0.629. The molecule has 154 valence electrons. The molecule has 0 aromatic heterocycles. The van der Waals surface area contributed by atoms with Crippen LogP contribution in [0.15, 0.2) is 0 Å². The van der Waals surface area contributed by atoms with Crippen molar-refractivity contribution in [3.8, 4) is 0 Å². The van der Waals surface area contributed by atoms with E-state index in [1.807, 2.05) is 0 Å². The first kappa shape index (κ1) is 25.3. The second kappa shape index (κ2) is 19.0. The largest absolute Gasteiger partial charge is 0.330 e. The van der Waals surface area contributed by atoms with E-state index >= 15 is 0 Å². The minimum Gasteiger partial charge on any atom is -0.330 e. The molecule has 0 saturated heterocycles. The molecular weight excluding hydrogens is 324 g/mol. The van der Waals surface area contributed by atoms with Gasteiger partial charge in [-0.15, -0.1) is 0 Å². The molecule has 0 bridgehead atoms. The molecule has 0 fully saturated rings. The number of carbonyl (C=O) groups excluding carboxylic acids is 2. The fraction of sp³-hybridized carbons (Fsp3) is 0.909. The van der Waals surface area contributed by atoms with Gasteiger partial charge in [-0.2, -0.15) is 0 Å². The van der Waals surface area contributed by atoms with Crippen molar-refractivity contribution in [1.29, 1.82) is 0 Å². The average Bonchev–Trinajstić information content (AvgIpc) is 2.64. The lowest BCUT2D eigenvalue weighted by molar-refractivity contribution is -0.137. The highest BCUT2D eigenvalue weighted by atomic mass is 16.2. The Morgan fingerprint density at radius 2 is 1.15 bits per heavy atom. The predicted octanol–water partition coefficient (Wildman–Crippen LogP) is 5.06. The van der Waals surface area contributed by atoms with E-state index in [0.29, 0.717) is 19.4 Å². The maximum absolute atomic E-state index is 11.9. The predicted molar refractivity (Wildman–Crippen MR) is 111 cm³/mol. The first-order valence-corrected chi connectivity index (χ1v) is 11.2. The van der Waals surface area contributed by atoms with Crippen LogP contribution in [-0.4, -0.2) is 24.2 Å². The number of unbranched alkanes of at least 4 members (excludes halogenated alkanes) is 13. The second-order valence-corrected chi connectivity index (χ2v) is 7.67. The van der Waals surface area contributed by atoms with Crippen LogP contribution >= 0.6 is 0 Å². The zero-order valence-corrected chi connectivity index (χ0v) is 17.3. The summed E-state index contributed by atoms with van der Waals surface area (Å²) in [6.07, 6.45) is 19.1. The summed E-state index contributed by atoms with van der Waals surface area (Å²) in [5.41, 5.74) is 11.2. The number of Topliss-reactive ketones (excluding diaryl/α,β-unsaturated/α-hetero) is 2. The van der Waals surface area contributed by atoms with Crippen LogP contribution in [0.2, 0.25) is 0 Å². The molecule has 4 nitrogen and oxygen atoms in total. The van der Waals surface area contributed by atoms with E-state index in [4.69, 9.17) is 11.5 Å². The van der Waals surface area contributed by atoms with Gasteiger partial charge in [-0.05, 0) is 25.8 Å². The minimum absolute atomic E-state index is 0.284. The third-order valence-corrected chi connectivity index (χ3v) is 5.09. The molecule has 0 saturated carbocycles. The molecule has 0 spiro atoms. The summed E-state index contributed by atoms with van der Waals surface area (Å²) in [7, 11) is 0. The van der Waals surface area contributed by atoms with Gasteiger partial charge in [0.15, 0.2) is 5.78 Å². The number of nitrogens with two attached hydrogens (primary N) is 2. The molecule has 0 heterocycles. The fourth-order valence-corrected chi connectivity index (χ4v) is 3.27. The summed E-state index contributed by atoms with van der Waals surface area (Å²) < 4.78 is 0. The van der Waals surface area contributed by atoms with Gasteiger partial charge >= 0.3 is 0 Å². The highest BCUT2D eigenvalue weighted by Crippen LogP contribution is 2.13. The topological polar surface area (TPSA) is 86.2 Å². The van der Waals surface area contributed by atoms with Crippen molar-refractivity contribution in [2.24, 2.45) is 11.5 Å². The Hall–Kier alpha value is -0.740. The molecule has 4 heteroatoms. The molecule has 0 aromatic carbocycles. The van der Waals surface area contributed by atoms with Gasteiger partial charge in [-0.3, -0.25) is 9.59 Å². The molecule has 0 aliphatic heterocycles. The normalized spacial score (nSPS) is 12.3. The molecule has 0 rings (SSSR count). The third-order valence-electron chi connectivity index (χ3n) is 5.09. The lowest BCUT2D eigenvalue weighted by Gasteiger charge is -2.09. The van der Waals surface area contributed by atoms with E-state index < -0.39 is 6.04 Å². The van der Waals surface area contributed by atoms with Gasteiger partial charge in [-0.25, -0.2) is 0 Å². The van der Waals surface area contributed by atoms with Gasteiger partial charge in [-0.1, -0.05) is 90.4 Å². The van der Waals surface area contributed by atoms with Crippen LogP contribution in [0.1, 0.15) is 116 Å². The molecule has 4 N–H and O–H groups in total. The molecule has 0 aliphatic rings. The summed E-state index contributed by atoms with van der Waals surface area (Å²) in [5.74, 6) is -0.672. The first-order chi connectivity index (χ1) is 12.6. The first-order valence-electron chi connectivity index (χ1n) is 11.2. The maximum atomic E-state index is 11.9. The maximum Gasteiger partial charge on any atom is 0.214 e. The van der Waals surface area contributed by atoms with E-state index in [2.05, 4.69) is 6.92 Å². The van der Waals surface area contributed by atoms with Crippen molar-refractivity contribution in [3.05, 3.63) is 0 Å². The Labute approximate surface area is 161 Å². The van der Waals surface area contributed by atoms with Gasteiger partial charge in [0.1, 0.15) is 0 Å². The van der Waals surface area contributed by atoms with Crippen LogP contribution in [-0.2, 0) is 9.59 Å². The number of hydrogen-bond donors (Lipinski definition) is 2. The Bertz CT molecular complexity index is 345. The summed E-state index contributed by atoms with van der Waals surface area (Å²) >= 11 is 0. The second-order valence-electron chi connectivity index (χ2n) is 7.67. The van der Waals surface area contributed by atoms with Gasteiger partial charge in [0, 0.05) is 6.42 Å². The zero-order valence-electron chi connectivity index (χ0n) is 17.3. The van der Waals surface area contributed by atoms with Crippen molar-refractivity contribution < 1.29 is 9.59 Å². The van der Waals surface area contributed by atoms with Crippen molar-refractivity contribution >= 4 is 11.6 Å². The van der Waals surface area contributed by atoms with Crippen LogP contribution in [0.4, 0.5) is 0 Å². The van der Waals surface area contributed by atoms with E-state index in [0.717, 1.165) is 25.7 Å². The van der Waals surface area contributed by atoms with Gasteiger partial charge in [0.05, 0.1) is 6.04 Å². The van der Waals surface area contributed by atoms with Crippen LogP contribution in [0.5, 0.6) is 0 Å². The molecule has 1 atom stereocenters. The van der Waals surface area contributed by atoms with Crippen molar-refractivity contribution in [2.45, 2.75) is 122 Å². The van der Waals surface area contributed by atoms with E-state index in [-0.39, 0.29) is 11.6 Å². The lowest BCUT2D eigenvalue weighted by Crippen LogP contribution is -2.36. The summed E-state index contributed by atoms with van der Waals surface area (Å²) in [5, 5.41) is 0. The van der Waals surface area contributed by atoms with Gasteiger partial charge in [0.25, 0.3) is 0 Å². The van der Waals surface area contributed by atoms with Crippen molar-refractivity contribution in [3.63, 3.8) is 0 Å². The Balaban J connectivity index is 3.40. The number of ketones is 2. The van der Waals surface area contributed by atoms with Crippen molar-refractivity contribution in [1.82, 2.24) is 0 Å². The van der Waals surface area contributed by atoms with E-state index in [1.165, 1.54) is 70.6 Å². The van der Waals surface area contributed by atoms with Crippen LogP contribution in [0.25, 0.3) is 0 Å². The summed E-state index contributed by atoms with van der Waals surface area (Å²) in [4.78, 5) is 23.7. The Morgan fingerprint density at radius 3 is 1.62 bits per heavy atom. The van der Waals surface area contributed by atoms with Gasteiger partial charge in [0.2, 0.25) is 5.78 Å². The molecule has 0 aromatic rings. The fourth-order valence-electron chi connectivity index (χ4n) is 3.27. The quantitative estimate of drug-likeness (QED) is 0.232. The van der Waals surface area contributed by atoms with E-state index in [9.17, 15) is 9.59 Å². The molecule has 0 aliphatic carbocycles. The molecular formula is C22H44N2O2. The minimum atomic E-state index is -0.629. The lowest BCUT2D eigenvalue weighted by atomic mass is 9.99. The highest BCUT2D eigenvalue weighted by molar-refractivity contribution is 6.39. The van der Waals surface area contributed by atoms with E-state index in [1.54, 1.807) is 0 Å². The van der Waals surface area contributed by atoms with Crippen LogP contribution in [0, 0.1) is 0 Å². The number of hydrogen-bond acceptors (Lipinski definition) is 4. The SMILES string of the molecule is CCCCCCCCCCCCCCCC(=O)C(=O)[C@@H](N)CCCCN. The van der Waals surface area contributed by atoms with Gasteiger partial charge < -0.3 is 11.5 Å². The Kier molecular flexibility index (Phi) is 18.5. The zero-order chi connectivity index (χ0) is 19.5. The highest BCUT2D eigenvalue weighted by Gasteiger charge is 2.20. The monoisotopic (exact) mass is 368 g/mol. The smallest absolute Gasteiger partial charge is 0.214 e. The Morgan fingerprint density at radius 1 is 0.692 bits per heavy atom. The molecule has 26 heavy (non-hydrogen) atoms. The van der Waals surface area contributed by atoms with Crippen molar-refractivity contribution in [2.75, 3.05) is 6.54 Å². The molecule has 0 radical (unpaired) electrons. The van der Waals surface area contributed by atoms with Crippen LogP contribution in [0.3, 0.4) is 0 Å². The van der Waals surface area contributed by atoms with Crippen LogP contribution < -0.4 is 11.5 Å². The summed E-state index contributed by atoms with van der Waals surface area (Å²) in [6.45, 7) is 2.86. The average molecular weight is 369 g/mol. The third kappa shape index (κ3) is 15.5.